The molecule has 0 fully saturated rings. The zero-order chi connectivity index (χ0) is 17.6. The van der Waals surface area contributed by atoms with Gasteiger partial charge >= 0.3 is 19.4 Å². The second-order valence-corrected chi connectivity index (χ2v) is 6.03. The molecular weight excluding hydrogens is 314 g/mol. The number of benzene rings is 1. The predicted octanol–water partition coefficient (Wildman–Crippen LogP) is 2.12. The van der Waals surface area contributed by atoms with Crippen LogP contribution in [0.25, 0.3) is 10.9 Å². The van der Waals surface area contributed by atoms with Gasteiger partial charge in [-0.15, -0.1) is 0 Å². The number of halogens is 3. The Morgan fingerprint density at radius 3 is 2.26 bits per heavy atom. The Bertz CT molecular complexity index is 747. The van der Waals surface area contributed by atoms with Crippen molar-refractivity contribution in [2.45, 2.75) is 32.5 Å². The molecule has 0 spiro atoms. The molecule has 0 atom stereocenters. The molecule has 0 amide bonds. The number of nitrogens with zero attached hydrogens (tertiary/aromatic N) is 1. The van der Waals surface area contributed by atoms with E-state index in [9.17, 15) is 28.0 Å². The highest BCUT2D eigenvalue weighted by Gasteiger charge is 2.33. The van der Waals surface area contributed by atoms with E-state index >= 15 is 0 Å². The lowest BCUT2D eigenvalue weighted by atomic mass is 9.86. The molecule has 1 aromatic heterocycles. The smallest absolute Gasteiger partial charge is 0.443 e. The Labute approximate surface area is 130 Å². The number of ether oxygens (including phenoxy) is 1. The van der Waals surface area contributed by atoms with Crippen molar-refractivity contribution >= 4 is 29.7 Å². The van der Waals surface area contributed by atoms with Crippen LogP contribution in [0.3, 0.4) is 0 Å². The molecule has 0 radical (unpaired) electrons. The largest absolute Gasteiger partial charge is 0.506 e. The Hall–Kier alpha value is -2.00. The van der Waals surface area contributed by atoms with Crippen molar-refractivity contribution in [2.24, 2.45) is 0 Å². The lowest BCUT2D eigenvalue weighted by Crippen LogP contribution is -2.41. The monoisotopic (exact) mass is 329 g/mol. The van der Waals surface area contributed by atoms with E-state index in [0.717, 1.165) is 22.8 Å². The molecule has 23 heavy (non-hydrogen) atoms. The number of alkyl halides is 3. The van der Waals surface area contributed by atoms with Gasteiger partial charge in [-0.3, -0.25) is 4.57 Å². The third kappa shape index (κ3) is 3.68. The molecule has 0 saturated carbocycles. The summed E-state index contributed by atoms with van der Waals surface area (Å²) < 4.78 is 44.4. The fourth-order valence-electron chi connectivity index (χ4n) is 2.10. The first kappa shape index (κ1) is 17.4. The molecule has 1 heterocycles. The van der Waals surface area contributed by atoms with Gasteiger partial charge in [-0.2, -0.15) is 13.2 Å². The normalized spacial score (nSPS) is 12.5. The van der Waals surface area contributed by atoms with Crippen molar-refractivity contribution in [2.75, 3.05) is 0 Å². The first-order valence-electron chi connectivity index (χ1n) is 6.72. The topological polar surface area (TPSA) is 71.7 Å². The van der Waals surface area contributed by atoms with Gasteiger partial charge < -0.3 is 14.8 Å². The number of aromatic nitrogens is 1. The zero-order valence-electron chi connectivity index (χ0n) is 12.7. The summed E-state index contributed by atoms with van der Waals surface area (Å²) in [5, 5.41) is 19.0. The average Bonchev–Trinajstić information content (AvgIpc) is 2.73. The summed E-state index contributed by atoms with van der Waals surface area (Å²) in [6.45, 7) is 4.77. The van der Waals surface area contributed by atoms with Gasteiger partial charge in [0.2, 0.25) is 0 Å². The quantitative estimate of drug-likeness (QED) is 0.786. The summed E-state index contributed by atoms with van der Waals surface area (Å²) in [5.41, 5.74) is -2.23. The van der Waals surface area contributed by atoms with Gasteiger partial charge in [0.25, 0.3) is 0 Å². The molecule has 0 bridgehead atoms. The van der Waals surface area contributed by atoms with Crippen LogP contribution >= 0.6 is 0 Å². The highest BCUT2D eigenvalue weighted by Crippen LogP contribution is 2.31. The van der Waals surface area contributed by atoms with Crippen LogP contribution in [0.15, 0.2) is 24.3 Å². The molecule has 0 saturated heterocycles. The maximum Gasteiger partial charge on any atom is 0.506 e. The Morgan fingerprint density at radius 1 is 1.17 bits per heavy atom. The molecule has 0 aliphatic carbocycles. The third-order valence-corrected chi connectivity index (χ3v) is 3.00. The second-order valence-electron chi connectivity index (χ2n) is 6.03. The van der Waals surface area contributed by atoms with Gasteiger partial charge in [-0.05, 0) is 44.4 Å². The van der Waals surface area contributed by atoms with E-state index < -0.39 is 30.6 Å². The van der Waals surface area contributed by atoms with Crippen molar-refractivity contribution in [3.8, 4) is 0 Å². The van der Waals surface area contributed by atoms with Crippen molar-refractivity contribution in [3.05, 3.63) is 29.8 Å². The van der Waals surface area contributed by atoms with Gasteiger partial charge in [0.1, 0.15) is 5.60 Å². The molecule has 5 nitrogen and oxygen atoms in total. The van der Waals surface area contributed by atoms with Crippen molar-refractivity contribution in [3.63, 3.8) is 0 Å². The average molecular weight is 329 g/mol. The van der Waals surface area contributed by atoms with E-state index in [-0.39, 0.29) is 16.5 Å². The zero-order valence-corrected chi connectivity index (χ0v) is 12.7. The van der Waals surface area contributed by atoms with Gasteiger partial charge in [0.05, 0.1) is 16.7 Å². The molecule has 0 aliphatic rings. The first-order chi connectivity index (χ1) is 10.4. The number of carbonyl (C=O) groups excluding carboxylic acids is 1. The van der Waals surface area contributed by atoms with E-state index in [0.29, 0.717) is 0 Å². The number of hydrogen-bond donors (Lipinski definition) is 2. The molecule has 0 unspecified atom stereocenters. The van der Waals surface area contributed by atoms with Crippen LogP contribution in [0, 0.1) is 0 Å². The van der Waals surface area contributed by atoms with Crippen molar-refractivity contribution < 1.29 is 32.8 Å². The second kappa shape index (κ2) is 5.57. The minimum Gasteiger partial charge on any atom is -0.443 e. The molecule has 2 aromatic rings. The molecule has 9 heteroatoms. The highest BCUT2D eigenvalue weighted by atomic mass is 19.4. The molecular formula is C14H15BF3NO4. The van der Waals surface area contributed by atoms with Crippen LogP contribution < -0.4 is 5.59 Å². The molecule has 1 aromatic carbocycles. The lowest BCUT2D eigenvalue weighted by molar-refractivity contribution is -0.137. The summed E-state index contributed by atoms with van der Waals surface area (Å²) >= 11 is 0. The fourth-order valence-corrected chi connectivity index (χ4v) is 2.10. The van der Waals surface area contributed by atoms with E-state index in [1.165, 1.54) is 6.07 Å². The van der Waals surface area contributed by atoms with Crippen LogP contribution in [0.2, 0.25) is 0 Å². The van der Waals surface area contributed by atoms with Crippen LogP contribution in [-0.4, -0.2) is 33.4 Å². The Morgan fingerprint density at radius 2 is 1.78 bits per heavy atom. The fraction of sp³-hybridized carbons (Fsp3) is 0.357. The number of fused-ring (bicyclic) bond motifs is 1. The maximum absolute atomic E-state index is 12.9. The molecule has 2 rings (SSSR count). The van der Waals surface area contributed by atoms with Crippen LogP contribution in [0.5, 0.6) is 0 Å². The molecule has 0 aliphatic heterocycles. The van der Waals surface area contributed by atoms with Gasteiger partial charge in [0.15, 0.2) is 0 Å². The van der Waals surface area contributed by atoms with Crippen LogP contribution in [0.1, 0.15) is 26.3 Å². The first-order valence-corrected chi connectivity index (χ1v) is 6.72. The number of carbonyl (C=O) groups is 1. The Kier molecular flexibility index (Phi) is 4.21. The summed E-state index contributed by atoms with van der Waals surface area (Å²) in [7, 11) is -2.04. The van der Waals surface area contributed by atoms with E-state index in [4.69, 9.17) is 4.74 Å². The summed E-state index contributed by atoms with van der Waals surface area (Å²) in [4.78, 5) is 12.3. The SMILES string of the molecule is CC(C)(C)OC(=O)n1c(B(O)O)cc2ccc(C(F)(F)F)cc21. The van der Waals surface area contributed by atoms with Crippen molar-refractivity contribution in [1.82, 2.24) is 4.57 Å². The van der Waals surface area contributed by atoms with Crippen LogP contribution in [0.4, 0.5) is 18.0 Å². The predicted molar refractivity (Wildman–Crippen MR) is 78.4 cm³/mol. The minimum atomic E-state index is -4.59. The summed E-state index contributed by atoms with van der Waals surface area (Å²) in [6, 6.07) is 4.01. The number of hydrogen-bond acceptors (Lipinski definition) is 4. The number of rotatable bonds is 1. The van der Waals surface area contributed by atoms with E-state index in [1.807, 2.05) is 0 Å². The van der Waals surface area contributed by atoms with E-state index in [1.54, 1.807) is 20.8 Å². The van der Waals surface area contributed by atoms with Crippen molar-refractivity contribution in [1.29, 1.82) is 0 Å². The van der Waals surface area contributed by atoms with Gasteiger partial charge in [0, 0.05) is 0 Å². The summed E-state index contributed by atoms with van der Waals surface area (Å²) in [6.07, 6.45) is -5.58. The minimum absolute atomic E-state index is 0.114. The molecule has 2 N–H and O–H groups in total. The third-order valence-electron chi connectivity index (χ3n) is 3.00. The highest BCUT2D eigenvalue weighted by molar-refractivity contribution is 6.59. The maximum atomic E-state index is 12.9. The Balaban J connectivity index is 2.67. The van der Waals surface area contributed by atoms with E-state index in [2.05, 4.69) is 0 Å². The standard InChI is InChI=1S/C14H15BF3NO4/c1-13(2,3)23-12(20)19-10-7-9(14(16,17)18)5-4-8(10)6-11(19)15(21)22/h4-7,21-22H,1-3H3. The summed E-state index contributed by atoms with van der Waals surface area (Å²) in [5.74, 6) is 0. The lowest BCUT2D eigenvalue weighted by Gasteiger charge is -2.21. The van der Waals surface area contributed by atoms with Gasteiger partial charge in [-0.1, -0.05) is 6.07 Å². The van der Waals surface area contributed by atoms with Gasteiger partial charge in [-0.25, -0.2) is 4.79 Å². The van der Waals surface area contributed by atoms with Crippen LogP contribution in [-0.2, 0) is 10.9 Å². The molecule has 124 valence electrons.